The molecule has 2 N–H and O–H groups in total. The van der Waals surface area contributed by atoms with Crippen LogP contribution >= 0.6 is 0 Å². The minimum absolute atomic E-state index is 0.0431. The minimum Gasteiger partial charge on any atom is -0.337 e. The van der Waals surface area contributed by atoms with Gasteiger partial charge in [0.25, 0.3) is 0 Å². The van der Waals surface area contributed by atoms with Gasteiger partial charge in [0.2, 0.25) is 11.8 Å². The molecule has 9 heteroatoms. The molecule has 4 rings (SSSR count). The first-order valence-corrected chi connectivity index (χ1v) is 9.94. The van der Waals surface area contributed by atoms with E-state index in [9.17, 15) is 18.0 Å². The third kappa shape index (κ3) is 4.14. The number of benzene rings is 1. The SMILES string of the molecule is NC(CC(=O)N1CCCC1c1nc(C2CCC2)no1)Cc1cc(F)c(F)cc1F. The third-order valence-electron chi connectivity index (χ3n) is 5.79. The number of hydrogen-bond acceptors (Lipinski definition) is 5. The van der Waals surface area contributed by atoms with Crippen molar-refractivity contribution in [1.29, 1.82) is 0 Å². The van der Waals surface area contributed by atoms with Crippen LogP contribution in [0.3, 0.4) is 0 Å². The average Bonchev–Trinajstić information content (AvgIpc) is 3.27. The van der Waals surface area contributed by atoms with Crippen LogP contribution in [0.4, 0.5) is 13.2 Å². The fraction of sp³-hybridized carbons (Fsp3) is 0.550. The van der Waals surface area contributed by atoms with E-state index in [2.05, 4.69) is 10.1 Å². The van der Waals surface area contributed by atoms with Crippen molar-refractivity contribution in [3.05, 3.63) is 46.9 Å². The van der Waals surface area contributed by atoms with Gasteiger partial charge in [-0.1, -0.05) is 11.6 Å². The Morgan fingerprint density at radius 3 is 2.66 bits per heavy atom. The molecule has 1 saturated carbocycles. The number of hydrogen-bond donors (Lipinski definition) is 1. The Bertz CT molecular complexity index is 900. The molecule has 2 unspecified atom stereocenters. The lowest BCUT2D eigenvalue weighted by molar-refractivity contribution is -0.132. The van der Waals surface area contributed by atoms with E-state index in [1.807, 2.05) is 0 Å². The van der Waals surface area contributed by atoms with Gasteiger partial charge in [-0.05, 0) is 43.7 Å². The highest BCUT2D eigenvalue weighted by atomic mass is 19.2. The Kier molecular flexibility index (Phi) is 5.58. The zero-order valence-corrected chi connectivity index (χ0v) is 15.9. The maximum Gasteiger partial charge on any atom is 0.249 e. The Labute approximate surface area is 166 Å². The summed E-state index contributed by atoms with van der Waals surface area (Å²) in [7, 11) is 0. The summed E-state index contributed by atoms with van der Waals surface area (Å²) in [6, 6.07) is 0.270. The number of nitrogens with two attached hydrogens (primary N) is 1. The van der Waals surface area contributed by atoms with Crippen LogP contribution in [0, 0.1) is 17.5 Å². The lowest BCUT2D eigenvalue weighted by Gasteiger charge is -2.24. The lowest BCUT2D eigenvalue weighted by Crippen LogP contribution is -2.36. The summed E-state index contributed by atoms with van der Waals surface area (Å²) < 4.78 is 45.7. The molecule has 2 heterocycles. The van der Waals surface area contributed by atoms with E-state index in [1.54, 1.807) is 4.90 Å². The molecule has 2 aromatic rings. The van der Waals surface area contributed by atoms with E-state index in [1.165, 1.54) is 6.42 Å². The van der Waals surface area contributed by atoms with Gasteiger partial charge in [-0.25, -0.2) is 13.2 Å². The van der Waals surface area contributed by atoms with Gasteiger partial charge in [-0.3, -0.25) is 4.79 Å². The van der Waals surface area contributed by atoms with Gasteiger partial charge in [0, 0.05) is 31.0 Å². The fourth-order valence-electron chi connectivity index (χ4n) is 3.95. The standard InChI is InChI=1S/C20H23F3N4O2/c21-14-10-16(23)15(22)8-12(14)7-13(24)9-18(28)27-6-2-5-17(27)20-25-19(26-29-20)11-3-1-4-11/h8,10-11,13,17H,1-7,9,24H2. The van der Waals surface area contributed by atoms with Gasteiger partial charge in [-0.2, -0.15) is 4.98 Å². The zero-order chi connectivity index (χ0) is 20.5. The summed E-state index contributed by atoms with van der Waals surface area (Å²) in [4.78, 5) is 18.9. The molecule has 0 radical (unpaired) electrons. The van der Waals surface area contributed by atoms with Crippen molar-refractivity contribution in [2.45, 2.75) is 62.9 Å². The molecule has 1 amide bonds. The summed E-state index contributed by atoms with van der Waals surface area (Å²) in [5, 5.41) is 4.06. The number of aromatic nitrogens is 2. The topological polar surface area (TPSA) is 85.3 Å². The van der Waals surface area contributed by atoms with Gasteiger partial charge in [-0.15, -0.1) is 0 Å². The first-order chi connectivity index (χ1) is 13.9. The van der Waals surface area contributed by atoms with Gasteiger partial charge in [0.15, 0.2) is 17.5 Å². The van der Waals surface area contributed by atoms with Crippen LogP contribution < -0.4 is 5.73 Å². The predicted molar refractivity (Wildman–Crippen MR) is 97.2 cm³/mol. The van der Waals surface area contributed by atoms with Crippen molar-refractivity contribution < 1.29 is 22.5 Å². The average molecular weight is 408 g/mol. The molecular weight excluding hydrogens is 385 g/mol. The molecule has 2 atom stereocenters. The highest BCUT2D eigenvalue weighted by Crippen LogP contribution is 2.37. The summed E-state index contributed by atoms with van der Waals surface area (Å²) in [5.41, 5.74) is 5.95. The van der Waals surface area contributed by atoms with Crippen LogP contribution in [0.15, 0.2) is 16.7 Å². The van der Waals surface area contributed by atoms with Crippen molar-refractivity contribution >= 4 is 5.91 Å². The fourth-order valence-corrected chi connectivity index (χ4v) is 3.95. The second-order valence-electron chi connectivity index (χ2n) is 7.89. The molecule has 29 heavy (non-hydrogen) atoms. The maximum absolute atomic E-state index is 13.8. The Morgan fingerprint density at radius 1 is 1.17 bits per heavy atom. The molecule has 1 saturated heterocycles. The van der Waals surface area contributed by atoms with Crippen molar-refractivity contribution in [3.8, 4) is 0 Å². The Balaban J connectivity index is 1.39. The number of halogens is 3. The van der Waals surface area contributed by atoms with Gasteiger partial charge >= 0.3 is 0 Å². The van der Waals surface area contributed by atoms with E-state index in [0.29, 0.717) is 30.2 Å². The number of likely N-dealkylation sites (tertiary alicyclic amines) is 1. The molecular formula is C20H23F3N4O2. The number of rotatable bonds is 6. The number of nitrogens with zero attached hydrogens (tertiary/aromatic N) is 3. The molecule has 1 aromatic heterocycles. The molecule has 6 nitrogen and oxygen atoms in total. The van der Waals surface area contributed by atoms with Gasteiger partial charge in [0.1, 0.15) is 11.9 Å². The van der Waals surface area contributed by atoms with Crippen LogP contribution in [0.25, 0.3) is 0 Å². The van der Waals surface area contributed by atoms with Crippen LogP contribution in [0.1, 0.15) is 67.8 Å². The Morgan fingerprint density at radius 2 is 1.93 bits per heavy atom. The first-order valence-electron chi connectivity index (χ1n) is 9.94. The number of amides is 1. The van der Waals surface area contributed by atoms with E-state index >= 15 is 0 Å². The predicted octanol–water partition coefficient (Wildman–Crippen LogP) is 3.38. The van der Waals surface area contributed by atoms with Crippen molar-refractivity contribution in [2.75, 3.05) is 6.54 Å². The van der Waals surface area contributed by atoms with E-state index < -0.39 is 23.5 Å². The highest BCUT2D eigenvalue weighted by Gasteiger charge is 2.35. The van der Waals surface area contributed by atoms with Crippen molar-refractivity contribution in [1.82, 2.24) is 15.0 Å². The third-order valence-corrected chi connectivity index (χ3v) is 5.79. The van der Waals surface area contributed by atoms with E-state index in [4.69, 9.17) is 10.3 Å². The summed E-state index contributed by atoms with van der Waals surface area (Å²) in [6.45, 7) is 0.552. The minimum atomic E-state index is -1.25. The van der Waals surface area contributed by atoms with Crippen molar-refractivity contribution in [2.24, 2.45) is 5.73 Å². The zero-order valence-electron chi connectivity index (χ0n) is 15.9. The second kappa shape index (κ2) is 8.14. The van der Waals surface area contributed by atoms with Crippen molar-refractivity contribution in [3.63, 3.8) is 0 Å². The first kappa shape index (κ1) is 19.9. The molecule has 1 aromatic carbocycles. The van der Waals surface area contributed by atoms with Gasteiger partial charge < -0.3 is 15.2 Å². The lowest BCUT2D eigenvalue weighted by atomic mass is 9.85. The van der Waals surface area contributed by atoms with Crippen LogP contribution in [0.5, 0.6) is 0 Å². The Hall–Kier alpha value is -2.42. The molecule has 156 valence electrons. The molecule has 1 aliphatic heterocycles. The van der Waals surface area contributed by atoms with Crippen LogP contribution in [-0.4, -0.2) is 33.5 Å². The largest absolute Gasteiger partial charge is 0.337 e. The monoisotopic (exact) mass is 408 g/mol. The second-order valence-corrected chi connectivity index (χ2v) is 7.89. The number of carbonyl (C=O) groups excluding carboxylic acids is 1. The molecule has 1 aliphatic carbocycles. The highest BCUT2D eigenvalue weighted by molar-refractivity contribution is 5.77. The quantitative estimate of drug-likeness (QED) is 0.741. The maximum atomic E-state index is 13.8. The van der Waals surface area contributed by atoms with E-state index in [0.717, 1.165) is 31.7 Å². The molecule has 2 aliphatic rings. The summed E-state index contributed by atoms with van der Waals surface area (Å²) in [6.07, 6.45) is 4.70. The smallest absolute Gasteiger partial charge is 0.249 e. The molecule has 0 spiro atoms. The normalized spacial score (nSPS) is 20.7. The number of carbonyl (C=O) groups is 1. The molecule has 0 bridgehead atoms. The summed E-state index contributed by atoms with van der Waals surface area (Å²) >= 11 is 0. The van der Waals surface area contributed by atoms with Gasteiger partial charge in [0.05, 0.1) is 0 Å². The van der Waals surface area contributed by atoms with Crippen LogP contribution in [0.2, 0.25) is 0 Å². The molecule has 2 fully saturated rings. The van der Waals surface area contributed by atoms with E-state index in [-0.39, 0.29) is 30.4 Å². The summed E-state index contributed by atoms with van der Waals surface area (Å²) in [5.74, 6) is -1.98. The van der Waals surface area contributed by atoms with Crippen LogP contribution in [-0.2, 0) is 11.2 Å².